The highest BCUT2D eigenvalue weighted by Gasteiger charge is 2.17. The van der Waals surface area contributed by atoms with E-state index in [1.807, 2.05) is 13.2 Å². The number of rotatable bonds is 4. The molecule has 1 atom stereocenters. The van der Waals surface area contributed by atoms with Gasteiger partial charge in [-0.2, -0.15) is 5.10 Å². The number of hydrogen-bond donors (Lipinski definition) is 1. The zero-order chi connectivity index (χ0) is 13.1. The fourth-order valence-corrected chi connectivity index (χ4v) is 2.32. The van der Waals surface area contributed by atoms with E-state index in [1.54, 1.807) is 0 Å². The van der Waals surface area contributed by atoms with E-state index in [0.29, 0.717) is 6.04 Å². The van der Waals surface area contributed by atoms with Gasteiger partial charge in [0.15, 0.2) is 0 Å². The van der Waals surface area contributed by atoms with Gasteiger partial charge in [-0.1, -0.05) is 29.8 Å². The maximum absolute atomic E-state index is 4.41. The Morgan fingerprint density at radius 2 is 2.00 bits per heavy atom. The molecule has 0 aliphatic heterocycles. The predicted molar refractivity (Wildman–Crippen MR) is 74.7 cm³/mol. The van der Waals surface area contributed by atoms with Gasteiger partial charge in [0.25, 0.3) is 0 Å². The Hall–Kier alpha value is -1.61. The highest BCUT2D eigenvalue weighted by molar-refractivity contribution is 5.31. The second-order valence-electron chi connectivity index (χ2n) is 4.93. The van der Waals surface area contributed by atoms with Crippen molar-refractivity contribution in [3.8, 4) is 0 Å². The lowest BCUT2D eigenvalue weighted by molar-refractivity contribution is 0.484. The first-order valence-corrected chi connectivity index (χ1v) is 6.40. The lowest BCUT2D eigenvalue weighted by Gasteiger charge is -2.20. The van der Waals surface area contributed by atoms with E-state index in [9.17, 15) is 0 Å². The van der Waals surface area contributed by atoms with Crippen molar-refractivity contribution < 1.29 is 0 Å². The summed E-state index contributed by atoms with van der Waals surface area (Å²) in [6.07, 6.45) is 1.87. The molecule has 0 aliphatic rings. The summed E-state index contributed by atoms with van der Waals surface area (Å²) in [6.45, 7) is 6.43. The van der Waals surface area contributed by atoms with Gasteiger partial charge in [0.05, 0.1) is 11.7 Å². The van der Waals surface area contributed by atoms with Gasteiger partial charge in [-0.25, -0.2) is 0 Å². The standard InChI is InChI=1S/C15H21N3/c1-11(2)18-14(8-9-17-18)15(16-4)13-7-5-6-12(3)10-13/h5-11,15-16H,1-4H3. The highest BCUT2D eigenvalue weighted by Crippen LogP contribution is 2.24. The molecule has 3 heteroatoms. The number of aromatic nitrogens is 2. The third kappa shape index (κ3) is 2.46. The van der Waals surface area contributed by atoms with Crippen molar-refractivity contribution in [1.29, 1.82) is 0 Å². The van der Waals surface area contributed by atoms with Crippen LogP contribution in [0.5, 0.6) is 0 Å². The molecule has 0 saturated heterocycles. The largest absolute Gasteiger partial charge is 0.308 e. The fraction of sp³-hybridized carbons (Fsp3) is 0.400. The van der Waals surface area contributed by atoms with Crippen molar-refractivity contribution in [2.24, 2.45) is 0 Å². The molecule has 0 fully saturated rings. The van der Waals surface area contributed by atoms with Gasteiger partial charge in [-0.15, -0.1) is 0 Å². The summed E-state index contributed by atoms with van der Waals surface area (Å²) >= 11 is 0. The van der Waals surface area contributed by atoms with Crippen LogP contribution in [0.25, 0.3) is 0 Å². The molecule has 0 spiro atoms. The third-order valence-corrected chi connectivity index (χ3v) is 3.15. The Morgan fingerprint density at radius 1 is 1.22 bits per heavy atom. The summed E-state index contributed by atoms with van der Waals surface area (Å²) in [5.41, 5.74) is 3.77. The molecule has 0 radical (unpaired) electrons. The lowest BCUT2D eigenvalue weighted by atomic mass is 10.0. The third-order valence-electron chi connectivity index (χ3n) is 3.15. The molecule has 1 aromatic heterocycles. The first-order valence-electron chi connectivity index (χ1n) is 6.40. The number of aryl methyl sites for hydroxylation is 1. The van der Waals surface area contributed by atoms with Crippen LogP contribution in [-0.2, 0) is 0 Å². The minimum absolute atomic E-state index is 0.190. The van der Waals surface area contributed by atoms with Crippen molar-refractivity contribution in [3.63, 3.8) is 0 Å². The molecule has 1 heterocycles. The predicted octanol–water partition coefficient (Wildman–Crippen LogP) is 3.08. The molecule has 1 aromatic carbocycles. The Bertz CT molecular complexity index is 514. The van der Waals surface area contributed by atoms with Gasteiger partial charge in [0, 0.05) is 12.2 Å². The minimum Gasteiger partial charge on any atom is -0.308 e. The monoisotopic (exact) mass is 243 g/mol. The molecule has 0 saturated carbocycles. The van der Waals surface area contributed by atoms with Crippen molar-refractivity contribution in [1.82, 2.24) is 15.1 Å². The second-order valence-corrected chi connectivity index (χ2v) is 4.93. The minimum atomic E-state index is 0.190. The Balaban J connectivity index is 2.42. The Labute approximate surface area is 109 Å². The smallest absolute Gasteiger partial charge is 0.0746 e. The molecule has 0 bridgehead atoms. The van der Waals surface area contributed by atoms with Crippen LogP contribution in [0, 0.1) is 6.92 Å². The van der Waals surface area contributed by atoms with Crippen LogP contribution < -0.4 is 5.32 Å². The molecule has 18 heavy (non-hydrogen) atoms. The summed E-state index contributed by atoms with van der Waals surface area (Å²) in [6, 6.07) is 11.3. The Morgan fingerprint density at radius 3 is 2.61 bits per heavy atom. The summed E-state index contributed by atoms with van der Waals surface area (Å²) in [5, 5.41) is 7.79. The molecule has 1 unspecified atom stereocenters. The number of nitrogens with one attached hydrogen (secondary N) is 1. The van der Waals surface area contributed by atoms with E-state index >= 15 is 0 Å². The molecule has 3 nitrogen and oxygen atoms in total. The van der Waals surface area contributed by atoms with Gasteiger partial charge in [0.2, 0.25) is 0 Å². The van der Waals surface area contributed by atoms with E-state index in [0.717, 1.165) is 0 Å². The van der Waals surface area contributed by atoms with Crippen LogP contribution >= 0.6 is 0 Å². The van der Waals surface area contributed by atoms with Gasteiger partial charge < -0.3 is 5.32 Å². The molecule has 96 valence electrons. The zero-order valence-electron chi connectivity index (χ0n) is 11.5. The van der Waals surface area contributed by atoms with Crippen LogP contribution in [0.2, 0.25) is 0 Å². The SMILES string of the molecule is CNC(c1cccc(C)c1)c1ccnn1C(C)C. The maximum atomic E-state index is 4.41. The highest BCUT2D eigenvalue weighted by atomic mass is 15.3. The maximum Gasteiger partial charge on any atom is 0.0746 e. The average Bonchev–Trinajstić information content (AvgIpc) is 2.79. The number of benzene rings is 1. The number of nitrogens with zero attached hydrogens (tertiary/aromatic N) is 2. The van der Waals surface area contributed by atoms with E-state index in [1.165, 1.54) is 16.8 Å². The van der Waals surface area contributed by atoms with Crippen molar-refractivity contribution in [2.75, 3.05) is 7.05 Å². The van der Waals surface area contributed by atoms with E-state index in [-0.39, 0.29) is 6.04 Å². The second kappa shape index (κ2) is 5.36. The summed E-state index contributed by atoms with van der Waals surface area (Å²) in [7, 11) is 1.99. The quantitative estimate of drug-likeness (QED) is 0.894. The van der Waals surface area contributed by atoms with Gasteiger partial charge in [0.1, 0.15) is 0 Å². The average molecular weight is 243 g/mol. The fourth-order valence-electron chi connectivity index (χ4n) is 2.32. The van der Waals surface area contributed by atoms with Crippen LogP contribution in [0.15, 0.2) is 36.5 Å². The first kappa shape index (κ1) is 12.8. The molecule has 0 amide bonds. The van der Waals surface area contributed by atoms with Crippen molar-refractivity contribution in [2.45, 2.75) is 32.9 Å². The van der Waals surface area contributed by atoms with Crippen LogP contribution in [-0.4, -0.2) is 16.8 Å². The van der Waals surface area contributed by atoms with Crippen LogP contribution in [0.1, 0.15) is 42.8 Å². The lowest BCUT2D eigenvalue weighted by Crippen LogP contribution is -2.22. The summed E-state index contributed by atoms with van der Waals surface area (Å²) < 4.78 is 2.07. The van der Waals surface area contributed by atoms with Crippen molar-refractivity contribution >= 4 is 0 Å². The van der Waals surface area contributed by atoms with Crippen LogP contribution in [0.4, 0.5) is 0 Å². The molecule has 2 rings (SSSR count). The molecule has 1 N–H and O–H groups in total. The molecule has 0 aliphatic carbocycles. The van der Waals surface area contributed by atoms with E-state index in [2.05, 4.69) is 66.2 Å². The normalized spacial score (nSPS) is 12.9. The van der Waals surface area contributed by atoms with Crippen molar-refractivity contribution in [3.05, 3.63) is 53.3 Å². The summed E-state index contributed by atoms with van der Waals surface area (Å²) in [4.78, 5) is 0. The van der Waals surface area contributed by atoms with E-state index in [4.69, 9.17) is 0 Å². The van der Waals surface area contributed by atoms with Gasteiger partial charge in [-0.3, -0.25) is 4.68 Å². The van der Waals surface area contributed by atoms with Gasteiger partial charge >= 0.3 is 0 Å². The molecule has 2 aromatic rings. The zero-order valence-corrected chi connectivity index (χ0v) is 11.5. The Kier molecular flexibility index (Phi) is 3.82. The van der Waals surface area contributed by atoms with E-state index < -0.39 is 0 Å². The first-order chi connectivity index (χ1) is 8.63. The van der Waals surface area contributed by atoms with Gasteiger partial charge in [-0.05, 0) is 39.4 Å². The topological polar surface area (TPSA) is 29.9 Å². The molecular weight excluding hydrogens is 222 g/mol. The number of hydrogen-bond acceptors (Lipinski definition) is 2. The van der Waals surface area contributed by atoms with Crippen LogP contribution in [0.3, 0.4) is 0 Å². The molecular formula is C15H21N3. The summed E-state index contributed by atoms with van der Waals surface area (Å²) in [5.74, 6) is 0.